The fraction of sp³-hybridized carbons (Fsp3) is 0.250. The first-order chi connectivity index (χ1) is 15.0. The van der Waals surface area contributed by atoms with Gasteiger partial charge in [-0.3, -0.25) is 19.7 Å². The Bertz CT molecular complexity index is 1210. The Kier molecular flexibility index (Phi) is 4.66. The second kappa shape index (κ2) is 7.50. The van der Waals surface area contributed by atoms with Crippen LogP contribution in [0.15, 0.2) is 54.6 Å². The number of rotatable bonds is 5. The molecule has 1 fully saturated rings. The Morgan fingerprint density at radius 3 is 2.39 bits per heavy atom. The zero-order chi connectivity index (χ0) is 21.5. The number of nitrogens with zero attached hydrogens (tertiary/aromatic N) is 2. The first-order valence-electron chi connectivity index (χ1n) is 10.4. The number of non-ortho nitro benzene ring substituents is 1. The Labute approximate surface area is 178 Å². The number of anilines is 1. The van der Waals surface area contributed by atoms with Crippen LogP contribution in [0.3, 0.4) is 0 Å². The van der Waals surface area contributed by atoms with Crippen molar-refractivity contribution in [2.75, 3.05) is 11.5 Å². The summed E-state index contributed by atoms with van der Waals surface area (Å²) in [5.41, 5.74) is 0.722. The maximum Gasteiger partial charge on any atom is 0.270 e. The van der Waals surface area contributed by atoms with Gasteiger partial charge >= 0.3 is 0 Å². The van der Waals surface area contributed by atoms with Crippen molar-refractivity contribution in [1.29, 1.82) is 0 Å². The van der Waals surface area contributed by atoms with E-state index in [4.69, 9.17) is 4.74 Å². The third kappa shape index (κ3) is 3.32. The van der Waals surface area contributed by atoms with Crippen LogP contribution in [0.4, 0.5) is 11.4 Å². The summed E-state index contributed by atoms with van der Waals surface area (Å²) in [6.07, 6.45) is 4.87. The average molecular weight is 416 g/mol. The number of benzene rings is 3. The molecule has 7 nitrogen and oxygen atoms in total. The van der Waals surface area contributed by atoms with Gasteiger partial charge in [0.15, 0.2) is 0 Å². The molecule has 3 aromatic carbocycles. The van der Waals surface area contributed by atoms with E-state index < -0.39 is 16.7 Å². The first kappa shape index (κ1) is 19.2. The standard InChI is InChI=1S/C24H20N2O5/c27-23-20-7-3-6-16-12-18(26(29)30)13-21(22(16)20)24(28)25(23)17-8-10-19(11-9-17)31-14-15-4-1-2-5-15/h3,6-13,15H,1-2,4-5,14H2. The summed E-state index contributed by atoms with van der Waals surface area (Å²) in [4.78, 5) is 38.3. The van der Waals surface area contributed by atoms with Crippen molar-refractivity contribution >= 4 is 34.0 Å². The number of hydrogen-bond acceptors (Lipinski definition) is 5. The van der Waals surface area contributed by atoms with Crippen LogP contribution >= 0.6 is 0 Å². The molecule has 0 saturated heterocycles. The van der Waals surface area contributed by atoms with Crippen LogP contribution in [0.2, 0.25) is 0 Å². The minimum Gasteiger partial charge on any atom is -0.493 e. The molecule has 1 heterocycles. The molecule has 1 saturated carbocycles. The van der Waals surface area contributed by atoms with Gasteiger partial charge in [0.1, 0.15) is 5.75 Å². The normalized spacial score (nSPS) is 16.2. The number of nitro groups is 1. The van der Waals surface area contributed by atoms with E-state index in [1.807, 2.05) is 0 Å². The topological polar surface area (TPSA) is 89.8 Å². The highest BCUT2D eigenvalue weighted by atomic mass is 16.6. The predicted molar refractivity (Wildman–Crippen MR) is 116 cm³/mol. The number of carbonyl (C=O) groups is 2. The number of carbonyl (C=O) groups excluding carboxylic acids is 2. The molecule has 2 aliphatic rings. The zero-order valence-corrected chi connectivity index (χ0v) is 16.7. The molecule has 0 unspecified atom stereocenters. The molecule has 0 bridgehead atoms. The maximum absolute atomic E-state index is 13.2. The Morgan fingerprint density at radius 2 is 1.68 bits per heavy atom. The molecule has 0 N–H and O–H groups in total. The molecule has 5 rings (SSSR count). The molecule has 0 atom stereocenters. The van der Waals surface area contributed by atoms with Crippen LogP contribution in [0, 0.1) is 16.0 Å². The quantitative estimate of drug-likeness (QED) is 0.327. The van der Waals surface area contributed by atoms with Gasteiger partial charge in [-0.2, -0.15) is 0 Å². The average Bonchev–Trinajstić information content (AvgIpc) is 3.30. The van der Waals surface area contributed by atoms with Gasteiger partial charge in [-0.25, -0.2) is 4.90 Å². The smallest absolute Gasteiger partial charge is 0.270 e. The van der Waals surface area contributed by atoms with Gasteiger partial charge in [0.25, 0.3) is 17.5 Å². The van der Waals surface area contributed by atoms with Crippen molar-refractivity contribution in [3.8, 4) is 5.75 Å². The van der Waals surface area contributed by atoms with Gasteiger partial charge in [0.05, 0.1) is 22.8 Å². The van der Waals surface area contributed by atoms with Crippen LogP contribution in [-0.2, 0) is 0 Å². The molecule has 7 heteroatoms. The molecule has 1 aliphatic carbocycles. The van der Waals surface area contributed by atoms with E-state index >= 15 is 0 Å². The second-order valence-electron chi connectivity index (χ2n) is 8.06. The first-order valence-corrected chi connectivity index (χ1v) is 10.4. The highest BCUT2D eigenvalue weighted by molar-refractivity contribution is 6.36. The number of hydrogen-bond donors (Lipinski definition) is 0. The highest BCUT2D eigenvalue weighted by Gasteiger charge is 2.35. The monoisotopic (exact) mass is 416 g/mol. The molecule has 3 aromatic rings. The van der Waals surface area contributed by atoms with Crippen molar-refractivity contribution in [2.45, 2.75) is 25.7 Å². The van der Waals surface area contributed by atoms with Crippen LogP contribution in [0.1, 0.15) is 46.4 Å². The lowest BCUT2D eigenvalue weighted by molar-refractivity contribution is -0.384. The molecule has 1 aliphatic heterocycles. The van der Waals surface area contributed by atoms with E-state index in [0.29, 0.717) is 40.3 Å². The molecule has 0 radical (unpaired) electrons. The maximum atomic E-state index is 13.2. The van der Waals surface area contributed by atoms with Crippen molar-refractivity contribution < 1.29 is 19.2 Å². The Morgan fingerprint density at radius 1 is 0.968 bits per heavy atom. The highest BCUT2D eigenvalue weighted by Crippen LogP contribution is 2.36. The Hall–Kier alpha value is -3.74. The molecule has 0 spiro atoms. The van der Waals surface area contributed by atoms with Crippen LogP contribution in [-0.4, -0.2) is 23.3 Å². The van der Waals surface area contributed by atoms with Crippen molar-refractivity contribution in [2.24, 2.45) is 5.92 Å². The minimum atomic E-state index is -0.572. The van der Waals surface area contributed by atoms with Gasteiger partial charge < -0.3 is 4.74 Å². The SMILES string of the molecule is O=C1c2cccc3cc([N+](=O)[O-])cc(c23)C(=O)N1c1ccc(OCC2CCCC2)cc1. The minimum absolute atomic E-state index is 0.154. The molecular formula is C24H20N2O5. The fourth-order valence-corrected chi connectivity index (χ4v) is 4.51. The molecular weight excluding hydrogens is 396 g/mol. The molecule has 31 heavy (non-hydrogen) atoms. The number of nitro benzene ring substituents is 1. The lowest BCUT2D eigenvalue weighted by Crippen LogP contribution is -2.40. The fourth-order valence-electron chi connectivity index (χ4n) is 4.51. The third-order valence-electron chi connectivity index (χ3n) is 6.09. The van der Waals surface area contributed by atoms with Crippen molar-refractivity contribution in [1.82, 2.24) is 0 Å². The third-order valence-corrected chi connectivity index (χ3v) is 6.09. The summed E-state index contributed by atoms with van der Waals surface area (Å²) in [6.45, 7) is 0.667. The van der Waals surface area contributed by atoms with Crippen molar-refractivity contribution in [3.05, 3.63) is 75.8 Å². The van der Waals surface area contributed by atoms with E-state index in [0.717, 1.165) is 4.90 Å². The van der Waals surface area contributed by atoms with E-state index in [1.54, 1.807) is 42.5 Å². The predicted octanol–water partition coefficient (Wildman–Crippen LogP) is 5.12. The largest absolute Gasteiger partial charge is 0.493 e. The summed E-state index contributed by atoms with van der Waals surface area (Å²) < 4.78 is 5.87. The number of amides is 2. The zero-order valence-electron chi connectivity index (χ0n) is 16.7. The van der Waals surface area contributed by atoms with E-state index in [9.17, 15) is 19.7 Å². The second-order valence-corrected chi connectivity index (χ2v) is 8.06. The van der Waals surface area contributed by atoms with Gasteiger partial charge in [0, 0.05) is 23.1 Å². The van der Waals surface area contributed by atoms with E-state index in [2.05, 4.69) is 0 Å². The van der Waals surface area contributed by atoms with E-state index in [-0.39, 0.29) is 11.3 Å². The Balaban J connectivity index is 1.48. The van der Waals surface area contributed by atoms with Gasteiger partial charge in [-0.1, -0.05) is 25.0 Å². The van der Waals surface area contributed by atoms with E-state index in [1.165, 1.54) is 37.8 Å². The number of imide groups is 1. The summed E-state index contributed by atoms with van der Waals surface area (Å²) in [7, 11) is 0. The van der Waals surface area contributed by atoms with Crippen LogP contribution < -0.4 is 9.64 Å². The summed E-state index contributed by atoms with van der Waals surface area (Å²) in [6, 6.07) is 14.4. The lowest BCUT2D eigenvalue weighted by Gasteiger charge is -2.27. The van der Waals surface area contributed by atoms with Gasteiger partial charge in [-0.05, 0) is 54.5 Å². The van der Waals surface area contributed by atoms with Crippen LogP contribution in [0.5, 0.6) is 5.75 Å². The van der Waals surface area contributed by atoms with Gasteiger partial charge in [0.2, 0.25) is 0 Å². The summed E-state index contributed by atoms with van der Waals surface area (Å²) >= 11 is 0. The van der Waals surface area contributed by atoms with Crippen LogP contribution in [0.25, 0.3) is 10.8 Å². The number of ether oxygens (including phenoxy) is 1. The molecule has 156 valence electrons. The lowest BCUT2D eigenvalue weighted by atomic mass is 9.93. The molecule has 0 aromatic heterocycles. The van der Waals surface area contributed by atoms with Gasteiger partial charge in [-0.15, -0.1) is 0 Å². The summed E-state index contributed by atoms with van der Waals surface area (Å²) in [5, 5.41) is 12.3. The summed E-state index contributed by atoms with van der Waals surface area (Å²) in [5.74, 6) is 0.247. The van der Waals surface area contributed by atoms with Crippen molar-refractivity contribution in [3.63, 3.8) is 0 Å². The molecule has 2 amide bonds.